The molecule has 0 amide bonds. The topological polar surface area (TPSA) is 35.2 Å². The second kappa shape index (κ2) is 17.6. The van der Waals surface area contributed by atoms with Gasteiger partial charge in [-0.25, -0.2) is 0 Å². The molecule has 1 aromatic heterocycles. The van der Waals surface area contributed by atoms with Crippen LogP contribution in [0.4, 0.5) is 17.1 Å². The van der Waals surface area contributed by atoms with E-state index >= 15 is 0 Å². The highest BCUT2D eigenvalue weighted by Crippen LogP contribution is 2.54. The Morgan fingerprint density at radius 3 is 2.08 bits per heavy atom. The monoisotopic (exact) mass is 812 g/mol. The van der Waals surface area contributed by atoms with Crippen molar-refractivity contribution in [1.29, 1.82) is 5.26 Å². The summed E-state index contributed by atoms with van der Waals surface area (Å²) in [6, 6.07) is 49.1. The maximum absolute atomic E-state index is 9.30. The maximum atomic E-state index is 9.30. The Morgan fingerprint density at radius 2 is 1.36 bits per heavy atom. The molecule has 11 rings (SSSR count). The molecule has 2 unspecified atom stereocenters. The first-order valence-electron chi connectivity index (χ1n) is 21.8. The first-order chi connectivity index (χ1) is 30.1. The van der Waals surface area contributed by atoms with Crippen molar-refractivity contribution in [2.45, 2.75) is 75.7 Å². The molecule has 3 heterocycles. The second-order valence-electron chi connectivity index (χ2n) is 15.7. The molecule has 2 aliphatic carbocycles. The van der Waals surface area contributed by atoms with Crippen molar-refractivity contribution in [3.63, 3.8) is 0 Å². The van der Waals surface area contributed by atoms with Gasteiger partial charge < -0.3 is 14.4 Å². The summed E-state index contributed by atoms with van der Waals surface area (Å²) >= 11 is 1.90. The maximum Gasteiger partial charge on any atom is 0.0991 e. The van der Waals surface area contributed by atoms with E-state index in [0.717, 1.165) is 38.8 Å². The number of thioether (sulfide) groups is 1. The molecule has 0 saturated heterocycles. The van der Waals surface area contributed by atoms with Gasteiger partial charge in [-0.05, 0) is 122 Å². The van der Waals surface area contributed by atoms with Gasteiger partial charge in [0.05, 0.1) is 34.4 Å². The van der Waals surface area contributed by atoms with Gasteiger partial charge in [-0.2, -0.15) is 5.26 Å². The quantitative estimate of drug-likeness (QED) is 0.162. The van der Waals surface area contributed by atoms with E-state index < -0.39 is 0 Å². The summed E-state index contributed by atoms with van der Waals surface area (Å²) in [6.07, 6.45) is 18.0. The number of anilines is 3. The summed E-state index contributed by atoms with van der Waals surface area (Å²) in [6.45, 7) is 10.9. The Labute approximate surface area is 365 Å². The summed E-state index contributed by atoms with van der Waals surface area (Å²) in [5, 5.41) is 12.4. The number of nitrogens with zero attached hydrogens (tertiary/aromatic N) is 4. The number of hydrogen-bond acceptors (Lipinski definition) is 4. The highest BCUT2D eigenvalue weighted by molar-refractivity contribution is 8.00. The third-order valence-electron chi connectivity index (χ3n) is 12.2. The number of rotatable bonds is 5. The molecule has 302 valence electrons. The molecule has 4 nitrogen and oxygen atoms in total. The van der Waals surface area contributed by atoms with Crippen LogP contribution in [0.25, 0.3) is 44.1 Å². The number of para-hydroxylation sites is 2. The van der Waals surface area contributed by atoms with Gasteiger partial charge in [-0.3, -0.25) is 0 Å². The molecule has 7 aromatic rings. The zero-order chi connectivity index (χ0) is 41.9. The Bertz CT molecular complexity index is 2870. The number of nitriles is 1. The summed E-state index contributed by atoms with van der Waals surface area (Å²) in [5.41, 5.74) is 16.4. The molecule has 61 heavy (non-hydrogen) atoms. The molecular formula is C56H52N4S. The van der Waals surface area contributed by atoms with E-state index in [1.165, 1.54) is 82.8 Å². The zero-order valence-corrected chi connectivity index (χ0v) is 36.2. The minimum atomic E-state index is 0.225. The number of hydrogen-bond donors (Lipinski definition) is 0. The molecule has 4 aliphatic rings. The first-order valence-corrected chi connectivity index (χ1v) is 22.7. The molecule has 0 radical (unpaired) electrons. The standard InChI is InChI=1S/C51H40N4S.C3H6.C2H6/c52-31-34-19-24-40(25-20-34)56-41-26-22-39(23-27-41)55-46-28-21-36-33-53(37-12-3-1-4-13-37)44-18-10-9-17-43(44)48(36)50(46)51-47(55)30-29-45-49(51)42-16-8-7-11-35(42)32-54(45)38-14-5-2-6-15-38;1-3-2;1-2/h1,3-5,7-22,24-26,28-30,39,41H,2,6,23,27,32-33H2;3H,1H2,2H3;1-2H3. The van der Waals surface area contributed by atoms with Crippen LogP contribution in [0.3, 0.4) is 0 Å². The lowest BCUT2D eigenvalue weighted by Gasteiger charge is -2.35. The number of benzene rings is 6. The molecule has 5 heteroatoms. The number of allylic oxidation sites excluding steroid dienone is 5. The average Bonchev–Trinajstić information content (AvgIpc) is 3.67. The van der Waals surface area contributed by atoms with Crippen molar-refractivity contribution in [3.05, 3.63) is 193 Å². The lowest BCUT2D eigenvalue weighted by atomic mass is 9.85. The molecule has 0 spiro atoms. The molecule has 0 fully saturated rings. The molecule has 6 aromatic carbocycles. The fourth-order valence-electron chi connectivity index (χ4n) is 9.62. The van der Waals surface area contributed by atoms with Gasteiger partial charge in [0.1, 0.15) is 0 Å². The molecule has 0 saturated carbocycles. The van der Waals surface area contributed by atoms with Gasteiger partial charge >= 0.3 is 0 Å². The van der Waals surface area contributed by atoms with E-state index in [-0.39, 0.29) is 6.04 Å². The minimum Gasteiger partial charge on any atom is -0.337 e. The Balaban J connectivity index is 0.000000914. The van der Waals surface area contributed by atoms with Crippen molar-refractivity contribution in [3.8, 4) is 28.3 Å². The third-order valence-corrected chi connectivity index (χ3v) is 13.4. The summed E-state index contributed by atoms with van der Waals surface area (Å²) in [5.74, 6) is 0. The largest absolute Gasteiger partial charge is 0.337 e. The second-order valence-corrected chi connectivity index (χ2v) is 17.1. The van der Waals surface area contributed by atoms with E-state index in [1.54, 1.807) is 6.08 Å². The van der Waals surface area contributed by atoms with Crippen molar-refractivity contribution >= 4 is 50.6 Å². The number of fused-ring (bicyclic) bond motifs is 11. The molecule has 2 atom stereocenters. The summed E-state index contributed by atoms with van der Waals surface area (Å²) in [7, 11) is 0. The van der Waals surface area contributed by atoms with Gasteiger partial charge in [0.15, 0.2) is 0 Å². The third kappa shape index (κ3) is 7.30. The molecule has 0 bridgehead atoms. The van der Waals surface area contributed by atoms with Crippen LogP contribution in [-0.4, -0.2) is 9.82 Å². The van der Waals surface area contributed by atoms with Crippen LogP contribution in [0, 0.1) is 11.3 Å². The van der Waals surface area contributed by atoms with Crippen molar-refractivity contribution < 1.29 is 0 Å². The van der Waals surface area contributed by atoms with E-state index in [0.29, 0.717) is 10.8 Å². The van der Waals surface area contributed by atoms with E-state index in [1.807, 2.05) is 44.7 Å². The number of aromatic nitrogens is 1. The summed E-state index contributed by atoms with van der Waals surface area (Å²) in [4.78, 5) is 6.25. The first kappa shape index (κ1) is 40.0. The highest BCUT2D eigenvalue weighted by Gasteiger charge is 2.33. The van der Waals surface area contributed by atoms with Crippen molar-refractivity contribution in [1.82, 2.24) is 4.57 Å². The lowest BCUT2D eigenvalue weighted by Crippen LogP contribution is -2.26. The predicted molar refractivity (Wildman–Crippen MR) is 261 cm³/mol. The van der Waals surface area contributed by atoms with Crippen LogP contribution in [0.1, 0.15) is 69.2 Å². The molecule has 0 N–H and O–H groups in total. The fourth-order valence-corrected chi connectivity index (χ4v) is 10.7. The van der Waals surface area contributed by atoms with Gasteiger partial charge in [0, 0.05) is 62.2 Å². The molecule has 2 aliphatic heterocycles. The van der Waals surface area contributed by atoms with E-state index in [4.69, 9.17) is 0 Å². The normalized spacial score (nSPS) is 17.0. The van der Waals surface area contributed by atoms with Crippen LogP contribution in [0.15, 0.2) is 181 Å². The van der Waals surface area contributed by atoms with Crippen LogP contribution in [0.2, 0.25) is 0 Å². The smallest absolute Gasteiger partial charge is 0.0991 e. The fraction of sp³-hybridized carbons (Fsp3) is 0.196. The Kier molecular flexibility index (Phi) is 11.5. The highest BCUT2D eigenvalue weighted by atomic mass is 32.2. The van der Waals surface area contributed by atoms with Gasteiger partial charge in [-0.15, -0.1) is 18.3 Å². The van der Waals surface area contributed by atoms with Crippen LogP contribution in [0.5, 0.6) is 0 Å². The molecular weight excluding hydrogens is 761 g/mol. The van der Waals surface area contributed by atoms with Crippen molar-refractivity contribution in [2.24, 2.45) is 0 Å². The minimum absolute atomic E-state index is 0.225. The van der Waals surface area contributed by atoms with Gasteiger partial charge in [-0.1, -0.05) is 111 Å². The lowest BCUT2D eigenvalue weighted by molar-refractivity contribution is 0.547. The summed E-state index contributed by atoms with van der Waals surface area (Å²) < 4.78 is 2.66. The van der Waals surface area contributed by atoms with Crippen LogP contribution < -0.4 is 9.80 Å². The Hall–Kier alpha value is -6.48. The van der Waals surface area contributed by atoms with E-state index in [2.05, 4.69) is 173 Å². The van der Waals surface area contributed by atoms with E-state index in [9.17, 15) is 5.26 Å². The van der Waals surface area contributed by atoms with Crippen molar-refractivity contribution in [2.75, 3.05) is 9.80 Å². The van der Waals surface area contributed by atoms with Gasteiger partial charge in [0.25, 0.3) is 0 Å². The SMILES string of the molecule is C=CC.CC.N#Cc1ccc(SC2C=CC(n3c4ccc5c(c4c4c6c(ccc43)N(C3=CCCC=C3)Cc3ccccc3-6)-c3ccccc3N(c3ccccc3)C5)CC2)cc1. The van der Waals surface area contributed by atoms with Crippen LogP contribution >= 0.6 is 11.8 Å². The Morgan fingerprint density at radius 1 is 0.672 bits per heavy atom. The predicted octanol–water partition coefficient (Wildman–Crippen LogP) is 15.5. The van der Waals surface area contributed by atoms with Gasteiger partial charge in [0.2, 0.25) is 0 Å². The zero-order valence-electron chi connectivity index (χ0n) is 35.4. The average molecular weight is 813 g/mol. The van der Waals surface area contributed by atoms with Crippen LogP contribution in [-0.2, 0) is 13.1 Å².